The molecule has 0 atom stereocenters. The summed E-state index contributed by atoms with van der Waals surface area (Å²) in [6.07, 6.45) is 0. The Kier molecular flexibility index (Phi) is 3.66. The molecule has 0 unspecified atom stereocenters. The number of para-hydroxylation sites is 1. The van der Waals surface area contributed by atoms with Gasteiger partial charge in [0, 0.05) is 16.8 Å². The molecular weight excluding hydrogens is 316 g/mol. The van der Waals surface area contributed by atoms with E-state index in [1.807, 2.05) is 54.6 Å². The van der Waals surface area contributed by atoms with E-state index in [9.17, 15) is 0 Å². The highest BCUT2D eigenvalue weighted by Crippen LogP contribution is 2.26. The first kappa shape index (κ1) is 14.9. The van der Waals surface area contributed by atoms with Crippen molar-refractivity contribution in [2.45, 2.75) is 0 Å². The van der Waals surface area contributed by atoms with Crippen LogP contribution >= 0.6 is 0 Å². The molecule has 0 saturated heterocycles. The smallest absolute Gasteiger partial charge is 0.183 e. The summed E-state index contributed by atoms with van der Waals surface area (Å²) < 4.78 is 5.17. The lowest BCUT2D eigenvalue weighted by molar-refractivity contribution is 0.415. The number of benzene rings is 2. The fourth-order valence-electron chi connectivity index (χ4n) is 2.56. The van der Waals surface area contributed by atoms with Crippen LogP contribution in [0.5, 0.6) is 5.75 Å². The maximum atomic E-state index is 5.98. The molecule has 0 spiro atoms. The Labute approximate surface area is 143 Å². The Morgan fingerprint density at radius 3 is 2.52 bits per heavy atom. The molecule has 0 radical (unpaired) electrons. The number of nitrogen functional groups attached to an aromatic ring is 1. The summed E-state index contributed by atoms with van der Waals surface area (Å²) in [5.41, 5.74) is 9.95. The minimum absolute atomic E-state index is 0.550. The second kappa shape index (κ2) is 6.12. The molecule has 7 heteroatoms. The fraction of sp³-hybridized carbons (Fsp3) is 0.0556. The summed E-state index contributed by atoms with van der Waals surface area (Å²) in [7, 11) is 1.64. The van der Waals surface area contributed by atoms with Crippen LogP contribution in [0.15, 0.2) is 54.6 Å². The summed E-state index contributed by atoms with van der Waals surface area (Å²) >= 11 is 0. The summed E-state index contributed by atoms with van der Waals surface area (Å²) in [5.74, 6) is 1.96. The lowest BCUT2D eigenvalue weighted by Crippen LogP contribution is -1.90. The molecule has 0 amide bonds. The van der Waals surface area contributed by atoms with E-state index in [0.29, 0.717) is 17.3 Å². The molecule has 0 saturated carbocycles. The highest BCUT2D eigenvalue weighted by Gasteiger charge is 2.12. The molecule has 2 heterocycles. The average Bonchev–Trinajstić information content (AvgIpc) is 3.32. The molecule has 124 valence electrons. The predicted octanol–water partition coefficient (Wildman–Crippen LogP) is 3.12. The topological polar surface area (TPSA) is 105 Å². The summed E-state index contributed by atoms with van der Waals surface area (Å²) in [6.45, 7) is 0. The van der Waals surface area contributed by atoms with Gasteiger partial charge in [-0.2, -0.15) is 10.2 Å². The van der Waals surface area contributed by atoms with Crippen LogP contribution in [0.25, 0.3) is 34.2 Å². The number of H-pyrrole nitrogens is 2. The van der Waals surface area contributed by atoms with Crippen LogP contribution in [-0.2, 0) is 0 Å². The monoisotopic (exact) mass is 332 g/mol. The Morgan fingerprint density at radius 2 is 1.76 bits per heavy atom. The maximum Gasteiger partial charge on any atom is 0.183 e. The van der Waals surface area contributed by atoms with Gasteiger partial charge in [-0.1, -0.05) is 12.1 Å². The van der Waals surface area contributed by atoms with Crippen molar-refractivity contribution >= 4 is 5.69 Å². The Morgan fingerprint density at radius 1 is 0.960 bits per heavy atom. The van der Waals surface area contributed by atoms with E-state index in [1.54, 1.807) is 7.11 Å². The number of anilines is 1. The fourth-order valence-corrected chi connectivity index (χ4v) is 2.56. The van der Waals surface area contributed by atoms with Gasteiger partial charge in [0.1, 0.15) is 11.4 Å². The molecule has 4 N–H and O–H groups in total. The number of hydrogen-bond donors (Lipinski definition) is 3. The number of ether oxygens (including phenoxy) is 1. The zero-order valence-electron chi connectivity index (χ0n) is 13.5. The van der Waals surface area contributed by atoms with Gasteiger partial charge < -0.3 is 10.5 Å². The van der Waals surface area contributed by atoms with Gasteiger partial charge in [-0.3, -0.25) is 10.2 Å². The van der Waals surface area contributed by atoms with Crippen molar-refractivity contribution in [3.05, 3.63) is 54.6 Å². The van der Waals surface area contributed by atoms with Gasteiger partial charge in [0.15, 0.2) is 11.6 Å². The van der Waals surface area contributed by atoms with E-state index in [-0.39, 0.29) is 0 Å². The second-order valence-corrected chi connectivity index (χ2v) is 5.49. The standard InChI is InChI=1S/C18H16N6O/c1-25-12-8-6-11(7-9-12)15-10-16(22-21-15)18-20-17(23-24-18)13-4-2-3-5-14(13)19/h2-10H,19H2,1H3,(H,21,22)(H,20,23,24). The predicted molar refractivity (Wildman–Crippen MR) is 95.8 cm³/mol. The largest absolute Gasteiger partial charge is 0.497 e. The van der Waals surface area contributed by atoms with Gasteiger partial charge in [0.2, 0.25) is 0 Å². The molecule has 25 heavy (non-hydrogen) atoms. The van der Waals surface area contributed by atoms with Crippen LogP contribution in [-0.4, -0.2) is 32.5 Å². The molecule has 2 aromatic carbocycles. The van der Waals surface area contributed by atoms with E-state index in [2.05, 4.69) is 25.4 Å². The lowest BCUT2D eigenvalue weighted by Gasteiger charge is -1.99. The minimum Gasteiger partial charge on any atom is -0.497 e. The molecule has 4 rings (SSSR count). The SMILES string of the molecule is COc1ccc(-c2cc(-c3nc(-c4ccccc4N)n[nH]3)[nH]n2)cc1. The molecule has 0 aliphatic rings. The van der Waals surface area contributed by atoms with E-state index in [4.69, 9.17) is 10.5 Å². The van der Waals surface area contributed by atoms with Crippen LogP contribution < -0.4 is 10.5 Å². The van der Waals surface area contributed by atoms with Gasteiger partial charge >= 0.3 is 0 Å². The number of rotatable bonds is 4. The van der Waals surface area contributed by atoms with Gasteiger partial charge in [-0.15, -0.1) is 0 Å². The Balaban J connectivity index is 1.63. The number of methoxy groups -OCH3 is 1. The van der Waals surface area contributed by atoms with Crippen LogP contribution in [0.2, 0.25) is 0 Å². The summed E-state index contributed by atoms with van der Waals surface area (Å²) in [6, 6.07) is 17.1. The van der Waals surface area contributed by atoms with Crippen molar-refractivity contribution in [1.82, 2.24) is 25.4 Å². The zero-order chi connectivity index (χ0) is 17.2. The number of aromatic amines is 2. The summed E-state index contributed by atoms with van der Waals surface area (Å²) in [4.78, 5) is 4.51. The first-order valence-corrected chi connectivity index (χ1v) is 7.72. The van der Waals surface area contributed by atoms with Crippen molar-refractivity contribution in [2.75, 3.05) is 12.8 Å². The third-order valence-electron chi connectivity index (χ3n) is 3.91. The number of nitrogens with one attached hydrogen (secondary N) is 2. The van der Waals surface area contributed by atoms with Crippen molar-refractivity contribution in [2.24, 2.45) is 0 Å². The van der Waals surface area contributed by atoms with Crippen LogP contribution in [0.4, 0.5) is 5.69 Å². The highest BCUT2D eigenvalue weighted by atomic mass is 16.5. The van der Waals surface area contributed by atoms with Crippen molar-refractivity contribution in [3.63, 3.8) is 0 Å². The minimum atomic E-state index is 0.550. The quantitative estimate of drug-likeness (QED) is 0.498. The third-order valence-corrected chi connectivity index (χ3v) is 3.91. The van der Waals surface area contributed by atoms with Crippen LogP contribution in [0.3, 0.4) is 0 Å². The molecule has 0 bridgehead atoms. The lowest BCUT2D eigenvalue weighted by atomic mass is 10.1. The zero-order valence-corrected chi connectivity index (χ0v) is 13.5. The van der Waals surface area contributed by atoms with Crippen molar-refractivity contribution < 1.29 is 4.74 Å². The maximum absolute atomic E-state index is 5.98. The van der Waals surface area contributed by atoms with Gasteiger partial charge in [-0.25, -0.2) is 4.98 Å². The van der Waals surface area contributed by atoms with Gasteiger partial charge in [0.05, 0.1) is 12.8 Å². The Hall–Kier alpha value is -3.61. The van der Waals surface area contributed by atoms with E-state index >= 15 is 0 Å². The van der Waals surface area contributed by atoms with E-state index in [1.165, 1.54) is 0 Å². The summed E-state index contributed by atoms with van der Waals surface area (Å²) in [5, 5.41) is 14.5. The van der Waals surface area contributed by atoms with Crippen molar-refractivity contribution in [1.29, 1.82) is 0 Å². The van der Waals surface area contributed by atoms with Gasteiger partial charge in [0.25, 0.3) is 0 Å². The number of aromatic nitrogens is 5. The third kappa shape index (κ3) is 2.83. The highest BCUT2D eigenvalue weighted by molar-refractivity contribution is 5.72. The van der Waals surface area contributed by atoms with Gasteiger partial charge in [-0.05, 0) is 42.5 Å². The van der Waals surface area contributed by atoms with Crippen LogP contribution in [0, 0.1) is 0 Å². The average molecular weight is 332 g/mol. The molecule has 0 aliphatic heterocycles. The number of hydrogen-bond acceptors (Lipinski definition) is 5. The van der Waals surface area contributed by atoms with Crippen LogP contribution in [0.1, 0.15) is 0 Å². The van der Waals surface area contributed by atoms with Crippen molar-refractivity contribution in [3.8, 4) is 39.9 Å². The Bertz CT molecular complexity index is 1000. The molecule has 0 aliphatic carbocycles. The second-order valence-electron chi connectivity index (χ2n) is 5.49. The molecule has 0 fully saturated rings. The number of nitrogens with zero attached hydrogens (tertiary/aromatic N) is 3. The molecule has 7 nitrogen and oxygen atoms in total. The number of nitrogens with two attached hydrogens (primary N) is 1. The van der Waals surface area contributed by atoms with E-state index in [0.717, 1.165) is 28.3 Å². The first-order valence-electron chi connectivity index (χ1n) is 7.72. The van der Waals surface area contributed by atoms with E-state index < -0.39 is 0 Å². The molecule has 4 aromatic rings. The first-order chi connectivity index (χ1) is 12.2. The molecule has 2 aromatic heterocycles. The normalized spacial score (nSPS) is 10.8. The molecular formula is C18H16N6O.